The van der Waals surface area contributed by atoms with Crippen molar-refractivity contribution in [3.05, 3.63) is 88.0 Å². The Hall–Kier alpha value is -2.95. The minimum Gasteiger partial charge on any atom is -0.489 e. The molecule has 0 saturated heterocycles. The maximum Gasteiger partial charge on any atom is 0.162 e. The highest BCUT2D eigenvalue weighted by molar-refractivity contribution is 5.96. The second-order valence-corrected chi connectivity index (χ2v) is 8.08. The van der Waals surface area contributed by atoms with Gasteiger partial charge in [-0.05, 0) is 76.6 Å². The van der Waals surface area contributed by atoms with Crippen molar-refractivity contribution in [2.24, 2.45) is 0 Å². The average molecular weight is 433 g/mol. The van der Waals surface area contributed by atoms with Gasteiger partial charge in [-0.25, -0.2) is 0 Å². The van der Waals surface area contributed by atoms with Crippen LogP contribution in [0.5, 0.6) is 5.75 Å². The molecule has 0 amide bonds. The van der Waals surface area contributed by atoms with Gasteiger partial charge < -0.3 is 14.9 Å². The maximum absolute atomic E-state index is 12.2. The number of aryl methyl sites for hydroxylation is 2. The van der Waals surface area contributed by atoms with Crippen molar-refractivity contribution >= 4 is 5.78 Å². The van der Waals surface area contributed by atoms with Crippen LogP contribution in [0.4, 0.5) is 0 Å². The molecule has 0 aliphatic heterocycles. The lowest BCUT2D eigenvalue weighted by molar-refractivity contribution is 0.0988. The number of Topliss-reactive ketones (excluding diaryl/α,β-unsaturated/α-hetero) is 1. The largest absolute Gasteiger partial charge is 0.489 e. The molecular formula is C28H32O4. The van der Waals surface area contributed by atoms with Crippen LogP contribution in [0.1, 0.15) is 64.9 Å². The Bertz CT molecular complexity index is 1080. The van der Waals surface area contributed by atoms with Gasteiger partial charge in [0.1, 0.15) is 12.4 Å². The summed E-state index contributed by atoms with van der Waals surface area (Å²) in [5, 5.41) is 18.9. The fraction of sp³-hybridized carbons (Fsp3) is 0.321. The van der Waals surface area contributed by atoms with Gasteiger partial charge in [0.15, 0.2) is 5.78 Å². The standard InChI is InChI=1S/C28H32O4/c1-4-6-21-14-22(28(31)5-2)10-12-26(21)27-15-25(11-7-19(27)3)32-18-20-8-9-23(16-29)24(13-20)17-30/h7-15,29-30H,4-6,16-18H2,1-3H3. The van der Waals surface area contributed by atoms with Gasteiger partial charge >= 0.3 is 0 Å². The highest BCUT2D eigenvalue weighted by Gasteiger charge is 2.13. The van der Waals surface area contributed by atoms with E-state index in [1.54, 1.807) is 0 Å². The summed E-state index contributed by atoms with van der Waals surface area (Å²) < 4.78 is 6.06. The Morgan fingerprint density at radius 1 is 0.844 bits per heavy atom. The first-order valence-corrected chi connectivity index (χ1v) is 11.2. The zero-order chi connectivity index (χ0) is 23.1. The van der Waals surface area contributed by atoms with Crippen LogP contribution in [0.2, 0.25) is 0 Å². The predicted octanol–water partition coefficient (Wildman–Crippen LogP) is 5.77. The lowest BCUT2D eigenvalue weighted by Crippen LogP contribution is -2.01. The molecule has 0 atom stereocenters. The molecule has 0 heterocycles. The van der Waals surface area contributed by atoms with Crippen molar-refractivity contribution < 1.29 is 19.7 Å². The molecule has 0 aliphatic rings. The van der Waals surface area contributed by atoms with Crippen molar-refractivity contribution in [3.63, 3.8) is 0 Å². The smallest absolute Gasteiger partial charge is 0.162 e. The van der Waals surface area contributed by atoms with Crippen molar-refractivity contribution in [1.82, 2.24) is 0 Å². The molecule has 0 aromatic heterocycles. The number of carbonyl (C=O) groups excluding carboxylic acids is 1. The molecule has 2 N–H and O–H groups in total. The monoisotopic (exact) mass is 432 g/mol. The van der Waals surface area contributed by atoms with E-state index >= 15 is 0 Å². The summed E-state index contributed by atoms with van der Waals surface area (Å²) in [5.41, 5.74) is 7.72. The second-order valence-electron chi connectivity index (χ2n) is 8.08. The van der Waals surface area contributed by atoms with Crippen molar-refractivity contribution in [1.29, 1.82) is 0 Å². The number of hydrogen-bond acceptors (Lipinski definition) is 4. The number of hydrogen-bond donors (Lipinski definition) is 2. The average Bonchev–Trinajstić information content (AvgIpc) is 2.83. The van der Waals surface area contributed by atoms with Crippen LogP contribution in [-0.4, -0.2) is 16.0 Å². The van der Waals surface area contributed by atoms with Crippen LogP contribution in [0, 0.1) is 6.92 Å². The fourth-order valence-electron chi connectivity index (χ4n) is 3.93. The normalized spacial score (nSPS) is 10.9. The van der Waals surface area contributed by atoms with E-state index in [1.165, 1.54) is 5.56 Å². The van der Waals surface area contributed by atoms with Gasteiger partial charge in [0.05, 0.1) is 13.2 Å². The molecule has 4 heteroatoms. The fourth-order valence-corrected chi connectivity index (χ4v) is 3.93. The van der Waals surface area contributed by atoms with E-state index in [-0.39, 0.29) is 19.0 Å². The molecule has 0 unspecified atom stereocenters. The topological polar surface area (TPSA) is 66.8 Å². The highest BCUT2D eigenvalue weighted by atomic mass is 16.5. The van der Waals surface area contributed by atoms with E-state index in [4.69, 9.17) is 4.74 Å². The molecule has 0 radical (unpaired) electrons. The summed E-state index contributed by atoms with van der Waals surface area (Å²) in [7, 11) is 0. The molecule has 3 aromatic rings. The third-order valence-corrected chi connectivity index (χ3v) is 5.78. The summed E-state index contributed by atoms with van der Waals surface area (Å²) in [6.07, 6.45) is 2.42. The molecule has 32 heavy (non-hydrogen) atoms. The molecule has 168 valence electrons. The Kier molecular flexibility index (Phi) is 8.20. The summed E-state index contributed by atoms with van der Waals surface area (Å²) in [5.74, 6) is 0.927. The molecule has 0 spiro atoms. The summed E-state index contributed by atoms with van der Waals surface area (Å²) in [4.78, 5) is 12.2. The minimum atomic E-state index is -0.116. The SMILES string of the molecule is CCCc1cc(C(=O)CC)ccc1-c1cc(OCc2ccc(CO)c(CO)c2)ccc1C. The number of ether oxygens (including phenoxy) is 1. The van der Waals surface area contributed by atoms with Crippen LogP contribution in [-0.2, 0) is 26.2 Å². The Balaban J connectivity index is 1.88. The summed E-state index contributed by atoms with van der Waals surface area (Å²) >= 11 is 0. The van der Waals surface area contributed by atoms with E-state index in [1.807, 2.05) is 43.3 Å². The Labute approximate surface area is 190 Å². The van der Waals surface area contributed by atoms with Gasteiger partial charge in [-0.15, -0.1) is 0 Å². The van der Waals surface area contributed by atoms with E-state index in [0.717, 1.165) is 52.0 Å². The number of aliphatic hydroxyl groups excluding tert-OH is 2. The van der Waals surface area contributed by atoms with Crippen molar-refractivity contribution in [3.8, 4) is 16.9 Å². The molecule has 4 nitrogen and oxygen atoms in total. The van der Waals surface area contributed by atoms with Gasteiger partial charge in [0.2, 0.25) is 0 Å². The first-order chi connectivity index (χ1) is 15.5. The van der Waals surface area contributed by atoms with E-state index in [9.17, 15) is 15.0 Å². The lowest BCUT2D eigenvalue weighted by Gasteiger charge is -2.16. The van der Waals surface area contributed by atoms with Gasteiger partial charge in [0, 0.05) is 12.0 Å². The van der Waals surface area contributed by atoms with E-state index in [0.29, 0.717) is 18.6 Å². The quantitative estimate of drug-likeness (QED) is 0.399. The van der Waals surface area contributed by atoms with E-state index < -0.39 is 0 Å². The van der Waals surface area contributed by atoms with Gasteiger partial charge in [-0.3, -0.25) is 4.79 Å². The zero-order valence-corrected chi connectivity index (χ0v) is 19.1. The highest BCUT2D eigenvalue weighted by Crippen LogP contribution is 2.32. The first-order valence-electron chi connectivity index (χ1n) is 11.2. The lowest BCUT2D eigenvalue weighted by atomic mass is 9.91. The number of rotatable bonds is 10. The molecule has 0 fully saturated rings. The summed E-state index contributed by atoms with van der Waals surface area (Å²) in [6.45, 7) is 6.28. The molecule has 0 bridgehead atoms. The maximum atomic E-state index is 12.2. The molecule has 3 aromatic carbocycles. The minimum absolute atomic E-state index is 0.0961. The third-order valence-electron chi connectivity index (χ3n) is 5.78. The third kappa shape index (κ3) is 5.45. The number of ketones is 1. The number of benzene rings is 3. The second kappa shape index (κ2) is 11.1. The first kappa shape index (κ1) is 23.7. The van der Waals surface area contributed by atoms with E-state index in [2.05, 4.69) is 32.0 Å². The number of carbonyl (C=O) groups is 1. The van der Waals surface area contributed by atoms with Crippen LogP contribution in [0.15, 0.2) is 54.6 Å². The van der Waals surface area contributed by atoms with Crippen LogP contribution < -0.4 is 4.74 Å². The van der Waals surface area contributed by atoms with Crippen LogP contribution in [0.3, 0.4) is 0 Å². The Morgan fingerprint density at radius 3 is 2.31 bits per heavy atom. The van der Waals surface area contributed by atoms with Gasteiger partial charge in [-0.2, -0.15) is 0 Å². The molecule has 3 rings (SSSR count). The van der Waals surface area contributed by atoms with Crippen molar-refractivity contribution in [2.75, 3.05) is 0 Å². The van der Waals surface area contributed by atoms with Gasteiger partial charge in [-0.1, -0.05) is 50.6 Å². The molecule has 0 aliphatic carbocycles. The number of aliphatic hydroxyl groups is 2. The summed E-state index contributed by atoms with van der Waals surface area (Å²) in [6, 6.07) is 17.7. The predicted molar refractivity (Wildman–Crippen MR) is 128 cm³/mol. The molecule has 0 saturated carbocycles. The Morgan fingerprint density at radius 2 is 1.62 bits per heavy atom. The molecular weight excluding hydrogens is 400 g/mol. The van der Waals surface area contributed by atoms with Gasteiger partial charge in [0.25, 0.3) is 0 Å². The van der Waals surface area contributed by atoms with Crippen LogP contribution >= 0.6 is 0 Å². The van der Waals surface area contributed by atoms with Crippen molar-refractivity contribution in [2.45, 2.75) is 59.9 Å². The van der Waals surface area contributed by atoms with Crippen LogP contribution in [0.25, 0.3) is 11.1 Å². The zero-order valence-electron chi connectivity index (χ0n) is 19.1.